The molecule has 0 aliphatic carbocycles. The number of halogens is 1. The summed E-state index contributed by atoms with van der Waals surface area (Å²) in [6.45, 7) is 0.691. The lowest BCUT2D eigenvalue weighted by molar-refractivity contribution is -0.129. The molecule has 3 rings (SSSR count). The maximum atomic E-state index is 9.51. The van der Waals surface area contributed by atoms with Crippen LogP contribution in [0, 0.1) is 0 Å². The number of aliphatic hydroxyl groups excluding tert-OH is 3. The van der Waals surface area contributed by atoms with E-state index in [1.807, 2.05) is 24.3 Å². The predicted molar refractivity (Wildman–Crippen MR) is 106 cm³/mol. The summed E-state index contributed by atoms with van der Waals surface area (Å²) in [4.78, 5) is 0. The van der Waals surface area contributed by atoms with E-state index < -0.39 is 18.0 Å². The summed E-state index contributed by atoms with van der Waals surface area (Å²) < 4.78 is 22.9. The summed E-state index contributed by atoms with van der Waals surface area (Å²) in [5, 5.41) is 27.8. The van der Waals surface area contributed by atoms with Gasteiger partial charge in [-0.3, -0.25) is 0 Å². The number of benzene rings is 2. The fourth-order valence-electron chi connectivity index (χ4n) is 2.94. The first-order valence-electron chi connectivity index (χ1n) is 9.35. The molecule has 2 unspecified atom stereocenters. The van der Waals surface area contributed by atoms with Gasteiger partial charge in [-0.25, -0.2) is 0 Å². The van der Waals surface area contributed by atoms with Gasteiger partial charge in [-0.1, -0.05) is 0 Å². The van der Waals surface area contributed by atoms with Crippen molar-refractivity contribution in [3.8, 4) is 11.5 Å². The molecular formula is C21H25ClO7. The lowest BCUT2D eigenvalue weighted by Gasteiger charge is -2.28. The van der Waals surface area contributed by atoms with E-state index in [-0.39, 0.29) is 25.7 Å². The second kappa shape index (κ2) is 10.2. The Morgan fingerprint density at radius 3 is 1.69 bits per heavy atom. The van der Waals surface area contributed by atoms with Gasteiger partial charge in [-0.05, 0) is 48.5 Å². The molecule has 1 saturated heterocycles. The zero-order chi connectivity index (χ0) is 20.7. The summed E-state index contributed by atoms with van der Waals surface area (Å²) in [6, 6.07) is 14.5. The molecule has 0 amide bonds. The Bertz CT molecular complexity index is 685. The molecule has 1 fully saturated rings. The molecule has 0 spiro atoms. The third-order valence-electron chi connectivity index (χ3n) is 4.44. The molecule has 2 atom stereocenters. The van der Waals surface area contributed by atoms with Crippen molar-refractivity contribution in [2.75, 3.05) is 38.9 Å². The lowest BCUT2D eigenvalue weighted by Crippen LogP contribution is -2.28. The van der Waals surface area contributed by atoms with E-state index >= 15 is 0 Å². The van der Waals surface area contributed by atoms with E-state index in [0.29, 0.717) is 24.7 Å². The van der Waals surface area contributed by atoms with Gasteiger partial charge >= 0.3 is 0 Å². The molecule has 29 heavy (non-hydrogen) atoms. The third kappa shape index (κ3) is 5.39. The topological polar surface area (TPSA) is 97.6 Å². The van der Waals surface area contributed by atoms with Gasteiger partial charge < -0.3 is 34.3 Å². The van der Waals surface area contributed by atoms with E-state index in [1.165, 1.54) is 0 Å². The van der Waals surface area contributed by atoms with Gasteiger partial charge in [0.15, 0.2) is 0 Å². The maximum Gasteiger partial charge on any atom is 0.222 e. The molecule has 1 aliphatic rings. The van der Waals surface area contributed by atoms with Crippen LogP contribution in [-0.2, 0) is 15.3 Å². The van der Waals surface area contributed by atoms with Crippen LogP contribution in [0.15, 0.2) is 48.5 Å². The highest BCUT2D eigenvalue weighted by Crippen LogP contribution is 2.39. The first-order chi connectivity index (χ1) is 14.1. The highest BCUT2D eigenvalue weighted by molar-refractivity contribution is 6.18. The quantitative estimate of drug-likeness (QED) is 0.499. The van der Waals surface area contributed by atoms with E-state index in [4.69, 9.17) is 35.7 Å². The minimum Gasteiger partial charge on any atom is -0.491 e. The second-order valence-corrected chi connectivity index (χ2v) is 6.94. The molecule has 0 bridgehead atoms. The van der Waals surface area contributed by atoms with Gasteiger partial charge in [0.1, 0.15) is 36.9 Å². The second-order valence-electron chi connectivity index (χ2n) is 6.63. The van der Waals surface area contributed by atoms with Crippen LogP contribution in [0.25, 0.3) is 0 Å². The van der Waals surface area contributed by atoms with Gasteiger partial charge in [0.05, 0.1) is 25.7 Å². The Hall–Kier alpha value is -1.87. The molecule has 1 aliphatic heterocycles. The standard InChI is InChI=1S/C21H25ClO7/c22-11-17(24)13-26-19-5-1-15(2-6-19)21(28-9-10-29-21)16-3-7-20(8-4-16)27-14-18(25)12-23/h1-8,17-18,23-25H,9-14H2. The minimum atomic E-state index is -1.03. The Morgan fingerprint density at radius 1 is 0.828 bits per heavy atom. The zero-order valence-electron chi connectivity index (χ0n) is 15.9. The Kier molecular flexibility index (Phi) is 7.71. The molecule has 8 heteroatoms. The van der Waals surface area contributed by atoms with Crippen molar-refractivity contribution in [3.63, 3.8) is 0 Å². The van der Waals surface area contributed by atoms with Crippen molar-refractivity contribution in [1.82, 2.24) is 0 Å². The number of hydrogen-bond acceptors (Lipinski definition) is 7. The molecule has 2 aromatic rings. The van der Waals surface area contributed by atoms with Gasteiger partial charge in [-0.2, -0.15) is 0 Å². The average Bonchev–Trinajstić information content (AvgIpc) is 3.27. The maximum absolute atomic E-state index is 9.51. The summed E-state index contributed by atoms with van der Waals surface area (Å²) in [5.74, 6) is 0.257. The minimum absolute atomic E-state index is 0.00781. The Balaban J connectivity index is 1.74. The van der Waals surface area contributed by atoms with Gasteiger partial charge in [-0.15, -0.1) is 11.6 Å². The first-order valence-corrected chi connectivity index (χ1v) is 9.88. The molecular weight excluding hydrogens is 400 g/mol. The smallest absolute Gasteiger partial charge is 0.222 e. The number of ether oxygens (including phenoxy) is 4. The van der Waals surface area contributed by atoms with Crippen molar-refractivity contribution in [1.29, 1.82) is 0 Å². The summed E-state index contributed by atoms with van der Waals surface area (Å²) >= 11 is 5.57. The average molecular weight is 425 g/mol. The molecule has 2 aromatic carbocycles. The Morgan fingerprint density at radius 2 is 1.28 bits per heavy atom. The summed E-state index contributed by atoms with van der Waals surface area (Å²) in [7, 11) is 0. The van der Waals surface area contributed by atoms with Gasteiger partial charge in [0, 0.05) is 11.1 Å². The van der Waals surface area contributed by atoms with Gasteiger partial charge in [0.2, 0.25) is 5.79 Å². The van der Waals surface area contributed by atoms with Gasteiger partial charge in [0.25, 0.3) is 0 Å². The molecule has 7 nitrogen and oxygen atoms in total. The van der Waals surface area contributed by atoms with Crippen LogP contribution in [-0.4, -0.2) is 66.4 Å². The van der Waals surface area contributed by atoms with Crippen molar-refractivity contribution in [2.45, 2.75) is 18.0 Å². The van der Waals surface area contributed by atoms with Crippen molar-refractivity contribution < 1.29 is 34.3 Å². The van der Waals surface area contributed by atoms with Crippen LogP contribution >= 0.6 is 11.6 Å². The normalized spacial score (nSPS) is 17.7. The van der Waals surface area contributed by atoms with Crippen LogP contribution in [0.5, 0.6) is 11.5 Å². The third-order valence-corrected chi connectivity index (χ3v) is 4.79. The van der Waals surface area contributed by atoms with Crippen molar-refractivity contribution >= 4 is 11.6 Å². The van der Waals surface area contributed by atoms with E-state index in [0.717, 1.165) is 11.1 Å². The molecule has 3 N–H and O–H groups in total. The van der Waals surface area contributed by atoms with Crippen molar-refractivity contribution in [2.24, 2.45) is 0 Å². The van der Waals surface area contributed by atoms with Crippen LogP contribution in [0.4, 0.5) is 0 Å². The molecule has 0 saturated carbocycles. The Labute approximate surface area is 174 Å². The fraction of sp³-hybridized carbons (Fsp3) is 0.429. The number of rotatable bonds is 10. The molecule has 1 heterocycles. The largest absolute Gasteiger partial charge is 0.491 e. The number of aliphatic hydroxyl groups is 3. The van der Waals surface area contributed by atoms with Crippen LogP contribution in [0.2, 0.25) is 0 Å². The highest BCUT2D eigenvalue weighted by atomic mass is 35.5. The van der Waals surface area contributed by atoms with E-state index in [1.54, 1.807) is 24.3 Å². The zero-order valence-corrected chi connectivity index (χ0v) is 16.6. The summed E-state index contributed by atoms with van der Waals surface area (Å²) in [6.07, 6.45) is -1.64. The lowest BCUT2D eigenvalue weighted by atomic mass is 9.97. The number of hydrogen-bond donors (Lipinski definition) is 3. The molecule has 0 aromatic heterocycles. The predicted octanol–water partition coefficient (Wildman–Crippen LogP) is 1.65. The molecule has 0 radical (unpaired) electrons. The SMILES string of the molecule is OCC(O)COc1ccc(C2(c3ccc(OCC(O)CCl)cc3)OCCO2)cc1. The van der Waals surface area contributed by atoms with Crippen molar-refractivity contribution in [3.05, 3.63) is 59.7 Å². The monoisotopic (exact) mass is 424 g/mol. The first kappa shape index (κ1) is 21.8. The van der Waals surface area contributed by atoms with Crippen LogP contribution in [0.1, 0.15) is 11.1 Å². The summed E-state index contributed by atoms with van der Waals surface area (Å²) in [5.41, 5.74) is 1.61. The molecule has 158 valence electrons. The van der Waals surface area contributed by atoms with E-state index in [9.17, 15) is 10.2 Å². The van der Waals surface area contributed by atoms with Crippen LogP contribution < -0.4 is 9.47 Å². The number of alkyl halides is 1. The fourth-order valence-corrected chi connectivity index (χ4v) is 3.02. The van der Waals surface area contributed by atoms with Crippen LogP contribution in [0.3, 0.4) is 0 Å². The highest BCUT2D eigenvalue weighted by Gasteiger charge is 2.40. The van der Waals surface area contributed by atoms with E-state index in [2.05, 4.69) is 0 Å².